The van der Waals surface area contributed by atoms with Crippen molar-refractivity contribution < 1.29 is 15.0 Å². The second-order valence-electron chi connectivity index (χ2n) is 7.96. The average Bonchev–Trinajstić information content (AvgIpc) is 3.30. The molecule has 0 aliphatic carbocycles. The highest BCUT2D eigenvalue weighted by atomic mass is 16.3. The number of phenols is 1. The molecule has 3 aromatic rings. The van der Waals surface area contributed by atoms with Crippen molar-refractivity contribution in [3.8, 4) is 5.75 Å². The largest absolute Gasteiger partial charge is 0.508 e. The number of hydrogen-bond donors (Lipinski definition) is 5. The molecule has 0 radical (unpaired) electrons. The zero-order valence-electron chi connectivity index (χ0n) is 16.8. The van der Waals surface area contributed by atoms with Gasteiger partial charge >= 0.3 is 5.69 Å². The Kier molecular flexibility index (Phi) is 5.61. The number of nitrogens with zero attached hydrogens (tertiary/aromatic N) is 1. The molecule has 4 rings (SSSR count). The number of benzene rings is 2. The van der Waals surface area contributed by atoms with Crippen molar-refractivity contribution >= 4 is 16.9 Å². The van der Waals surface area contributed by atoms with E-state index in [-0.39, 0.29) is 29.5 Å². The van der Waals surface area contributed by atoms with Gasteiger partial charge in [-0.2, -0.15) is 0 Å². The van der Waals surface area contributed by atoms with Crippen LogP contribution in [0.3, 0.4) is 0 Å². The molecule has 30 heavy (non-hydrogen) atoms. The summed E-state index contributed by atoms with van der Waals surface area (Å²) in [6.07, 6.45) is 0.386. The lowest BCUT2D eigenvalue weighted by molar-refractivity contribution is -0.123. The summed E-state index contributed by atoms with van der Waals surface area (Å²) in [5, 5.41) is 22.6. The minimum atomic E-state index is -0.420. The summed E-state index contributed by atoms with van der Waals surface area (Å²) in [6, 6.07) is 12.0. The highest BCUT2D eigenvalue weighted by Gasteiger charge is 2.26. The summed E-state index contributed by atoms with van der Waals surface area (Å²) in [6.45, 7) is 3.76. The second-order valence-corrected chi connectivity index (χ2v) is 7.96. The number of likely N-dealkylation sites (tertiary alicyclic amines) is 1. The molecule has 8 heteroatoms. The van der Waals surface area contributed by atoms with E-state index in [1.807, 2.05) is 19.1 Å². The summed E-state index contributed by atoms with van der Waals surface area (Å²) < 4.78 is 0. The number of nitrogens with one attached hydrogen (secondary N) is 3. The molecule has 2 aromatic carbocycles. The van der Waals surface area contributed by atoms with Crippen LogP contribution in [-0.4, -0.2) is 56.7 Å². The number of β-amino-alcohol motifs (C(OH)–C–C–N with tert-alkyl or cyclic N) is 1. The molecule has 1 saturated heterocycles. The smallest absolute Gasteiger partial charge is 0.323 e. The Morgan fingerprint density at radius 3 is 2.57 bits per heavy atom. The number of hydrogen-bond acceptors (Lipinski definition) is 5. The number of carbonyl (C=O) groups is 1. The first-order valence-electron chi connectivity index (χ1n) is 10.1. The van der Waals surface area contributed by atoms with Gasteiger partial charge in [-0.1, -0.05) is 18.2 Å². The van der Waals surface area contributed by atoms with E-state index < -0.39 is 5.92 Å². The number of amides is 1. The molecule has 1 aliphatic heterocycles. The van der Waals surface area contributed by atoms with E-state index in [9.17, 15) is 19.8 Å². The van der Waals surface area contributed by atoms with Crippen molar-refractivity contribution in [2.24, 2.45) is 0 Å². The Morgan fingerprint density at radius 2 is 1.87 bits per heavy atom. The van der Waals surface area contributed by atoms with Gasteiger partial charge in [0.05, 0.1) is 29.1 Å². The lowest BCUT2D eigenvalue weighted by atomic mass is 9.98. The molecule has 2 unspecified atom stereocenters. The molecule has 8 nitrogen and oxygen atoms in total. The minimum absolute atomic E-state index is 0.134. The van der Waals surface area contributed by atoms with Crippen LogP contribution in [0.2, 0.25) is 0 Å². The number of aromatic hydroxyl groups is 1. The van der Waals surface area contributed by atoms with Crippen LogP contribution in [0.1, 0.15) is 36.4 Å². The Bertz CT molecular complexity index is 1090. The molecule has 1 aromatic heterocycles. The Labute approximate surface area is 173 Å². The lowest BCUT2D eigenvalue weighted by Gasteiger charge is -2.26. The quantitative estimate of drug-likeness (QED) is 0.423. The van der Waals surface area contributed by atoms with Gasteiger partial charge in [0, 0.05) is 19.6 Å². The number of carbonyl (C=O) groups excluding carboxylic acids is 1. The van der Waals surface area contributed by atoms with Crippen molar-refractivity contribution in [3.05, 3.63) is 64.1 Å². The molecule has 3 atom stereocenters. The molecule has 1 aliphatic rings. The molecule has 0 saturated carbocycles. The van der Waals surface area contributed by atoms with E-state index in [2.05, 4.69) is 20.2 Å². The molecule has 158 valence electrons. The fourth-order valence-corrected chi connectivity index (χ4v) is 3.94. The molecule has 0 spiro atoms. The predicted molar refractivity (Wildman–Crippen MR) is 113 cm³/mol. The van der Waals surface area contributed by atoms with Crippen LogP contribution in [-0.2, 0) is 4.79 Å². The van der Waals surface area contributed by atoms with Gasteiger partial charge in [-0.3, -0.25) is 9.69 Å². The van der Waals surface area contributed by atoms with E-state index >= 15 is 0 Å². The fourth-order valence-electron chi connectivity index (χ4n) is 3.94. The zero-order valence-corrected chi connectivity index (χ0v) is 16.8. The van der Waals surface area contributed by atoms with Crippen LogP contribution >= 0.6 is 0 Å². The van der Waals surface area contributed by atoms with Gasteiger partial charge in [0.15, 0.2) is 0 Å². The summed E-state index contributed by atoms with van der Waals surface area (Å²) >= 11 is 0. The first-order valence-corrected chi connectivity index (χ1v) is 10.1. The SMILES string of the molecule is CC(C(=O)N[C@H](CN1CCC(O)C1)c1ccc(O)cc1)c1ccc2[nH]c(=O)[nH]c2c1. The number of aliphatic hydroxyl groups excluding tert-OH is 1. The number of aromatic amines is 2. The van der Waals surface area contributed by atoms with Crippen molar-refractivity contribution in [3.63, 3.8) is 0 Å². The third-order valence-electron chi connectivity index (χ3n) is 5.73. The number of aliphatic hydroxyl groups is 1. The zero-order chi connectivity index (χ0) is 21.3. The molecule has 1 fully saturated rings. The Balaban J connectivity index is 1.53. The molecule has 0 bridgehead atoms. The van der Waals surface area contributed by atoms with Crippen LogP contribution < -0.4 is 11.0 Å². The predicted octanol–water partition coefficient (Wildman–Crippen LogP) is 1.59. The lowest BCUT2D eigenvalue weighted by Crippen LogP contribution is -2.39. The molecule has 1 amide bonds. The van der Waals surface area contributed by atoms with Crippen LogP contribution in [0.4, 0.5) is 0 Å². The van der Waals surface area contributed by atoms with Crippen LogP contribution in [0.5, 0.6) is 5.75 Å². The fraction of sp³-hybridized carbons (Fsp3) is 0.364. The van der Waals surface area contributed by atoms with Gasteiger partial charge in [-0.05, 0) is 48.7 Å². The maximum absolute atomic E-state index is 13.1. The third kappa shape index (κ3) is 4.39. The van der Waals surface area contributed by atoms with E-state index in [0.29, 0.717) is 24.1 Å². The maximum atomic E-state index is 13.1. The van der Waals surface area contributed by atoms with Gasteiger partial charge in [0.2, 0.25) is 5.91 Å². The normalized spacial score (nSPS) is 19.1. The van der Waals surface area contributed by atoms with E-state index in [0.717, 1.165) is 24.1 Å². The van der Waals surface area contributed by atoms with E-state index in [1.54, 1.807) is 30.3 Å². The summed E-state index contributed by atoms with van der Waals surface area (Å²) in [4.78, 5) is 32.1. The van der Waals surface area contributed by atoms with Gasteiger partial charge in [-0.25, -0.2) is 4.79 Å². The van der Waals surface area contributed by atoms with Gasteiger partial charge in [0.1, 0.15) is 5.75 Å². The second kappa shape index (κ2) is 8.33. The van der Waals surface area contributed by atoms with Crippen molar-refractivity contribution in [2.45, 2.75) is 31.4 Å². The Hall–Kier alpha value is -3.10. The number of H-pyrrole nitrogens is 2. The van der Waals surface area contributed by atoms with Crippen LogP contribution in [0, 0.1) is 0 Å². The van der Waals surface area contributed by atoms with Crippen LogP contribution in [0.25, 0.3) is 11.0 Å². The summed E-state index contributed by atoms with van der Waals surface area (Å²) in [5.41, 5.74) is 2.78. The number of aromatic nitrogens is 2. The number of imidazole rings is 1. The number of rotatable bonds is 6. The molecule has 5 N–H and O–H groups in total. The van der Waals surface area contributed by atoms with Crippen LogP contribution in [0.15, 0.2) is 47.3 Å². The first-order chi connectivity index (χ1) is 14.4. The summed E-state index contributed by atoms with van der Waals surface area (Å²) in [5.74, 6) is -0.385. The van der Waals surface area contributed by atoms with Gasteiger partial charge in [-0.15, -0.1) is 0 Å². The van der Waals surface area contributed by atoms with Crippen molar-refractivity contribution in [1.29, 1.82) is 0 Å². The average molecular weight is 410 g/mol. The third-order valence-corrected chi connectivity index (χ3v) is 5.73. The number of phenolic OH excluding ortho intramolecular Hbond substituents is 1. The highest BCUT2D eigenvalue weighted by Crippen LogP contribution is 2.24. The van der Waals surface area contributed by atoms with E-state index in [4.69, 9.17) is 0 Å². The topological polar surface area (TPSA) is 121 Å². The minimum Gasteiger partial charge on any atom is -0.508 e. The first kappa shape index (κ1) is 20.2. The maximum Gasteiger partial charge on any atom is 0.323 e. The molecular weight excluding hydrogens is 384 g/mol. The van der Waals surface area contributed by atoms with Gasteiger partial charge in [0.25, 0.3) is 0 Å². The summed E-state index contributed by atoms with van der Waals surface area (Å²) in [7, 11) is 0. The monoisotopic (exact) mass is 410 g/mol. The van der Waals surface area contributed by atoms with E-state index in [1.165, 1.54) is 0 Å². The molecular formula is C22H26N4O4. The van der Waals surface area contributed by atoms with Gasteiger partial charge < -0.3 is 25.5 Å². The highest BCUT2D eigenvalue weighted by molar-refractivity contribution is 5.85. The molecule has 2 heterocycles. The standard InChI is InChI=1S/C22H26N4O4/c1-13(15-4-7-18-19(10-15)25-22(30)24-18)21(29)23-20(12-26-9-8-17(28)11-26)14-2-5-16(27)6-3-14/h2-7,10,13,17,20,27-28H,8-9,11-12H2,1H3,(H,23,29)(H2,24,25,30)/t13?,17?,20-/m1/s1. The Morgan fingerprint density at radius 1 is 1.17 bits per heavy atom. The van der Waals surface area contributed by atoms with Crippen molar-refractivity contribution in [2.75, 3.05) is 19.6 Å². The number of fused-ring (bicyclic) bond motifs is 1. The van der Waals surface area contributed by atoms with Crippen molar-refractivity contribution in [1.82, 2.24) is 20.2 Å².